The molecule has 0 fully saturated rings. The number of aryl methyl sites for hydroxylation is 2. The van der Waals surface area contributed by atoms with Gasteiger partial charge in [0.15, 0.2) is 5.69 Å². The van der Waals surface area contributed by atoms with Gasteiger partial charge in [0.05, 0.1) is 22.6 Å². The summed E-state index contributed by atoms with van der Waals surface area (Å²) in [5, 5.41) is 25.9. The molecule has 0 aliphatic heterocycles. The van der Waals surface area contributed by atoms with E-state index in [-0.39, 0.29) is 5.69 Å². The average molecular weight is 278 g/mol. The Hall–Kier alpha value is -2.94. The summed E-state index contributed by atoms with van der Waals surface area (Å²) in [5.74, 6) is 0. The van der Waals surface area contributed by atoms with E-state index >= 15 is 0 Å². The minimum atomic E-state index is 0.277. The number of anilines is 2. The maximum absolute atomic E-state index is 9.27. The molecule has 21 heavy (non-hydrogen) atoms. The van der Waals surface area contributed by atoms with Crippen LogP contribution in [0.1, 0.15) is 18.3 Å². The molecule has 6 heteroatoms. The molecular weight excluding hydrogens is 264 g/mol. The first-order valence-corrected chi connectivity index (χ1v) is 6.68. The summed E-state index contributed by atoms with van der Waals surface area (Å²) in [6.07, 6.45) is 2.71. The topological polar surface area (TPSA) is 79.4 Å². The number of nitrogens with zero attached hydrogens (tertiary/aromatic N) is 5. The summed E-state index contributed by atoms with van der Waals surface area (Å²) in [4.78, 5) is 0. The van der Waals surface area contributed by atoms with E-state index in [9.17, 15) is 5.26 Å². The number of benzene rings is 1. The fourth-order valence-electron chi connectivity index (χ4n) is 2.29. The van der Waals surface area contributed by atoms with Crippen LogP contribution < -0.4 is 5.32 Å². The molecule has 3 rings (SSSR count). The van der Waals surface area contributed by atoms with Crippen LogP contribution in [0.5, 0.6) is 0 Å². The highest BCUT2D eigenvalue weighted by Crippen LogP contribution is 2.28. The van der Waals surface area contributed by atoms with Crippen molar-refractivity contribution in [1.29, 1.82) is 5.26 Å². The summed E-state index contributed by atoms with van der Waals surface area (Å²) >= 11 is 0. The third kappa shape index (κ3) is 2.30. The summed E-state index contributed by atoms with van der Waals surface area (Å²) < 4.78 is 1.75. The van der Waals surface area contributed by atoms with E-state index < -0.39 is 0 Å². The predicted octanol–water partition coefficient (Wildman–Crippen LogP) is 2.54. The molecule has 0 saturated carbocycles. The molecule has 0 amide bonds. The maximum atomic E-state index is 9.27. The number of fused-ring (bicyclic) bond motifs is 1. The second-order valence-electron chi connectivity index (χ2n) is 4.69. The molecule has 104 valence electrons. The number of nitrogens with one attached hydrogen (secondary N) is 1. The van der Waals surface area contributed by atoms with Crippen LogP contribution in [0.25, 0.3) is 10.9 Å². The molecule has 6 nitrogen and oxygen atoms in total. The summed E-state index contributed by atoms with van der Waals surface area (Å²) in [6.45, 7) is 2.04. The fourth-order valence-corrected chi connectivity index (χ4v) is 2.29. The molecule has 1 aromatic carbocycles. The SMILES string of the molecule is CCc1nn(C)cc1Nc1c(C#N)nnc2ccccc12. The lowest BCUT2D eigenvalue weighted by molar-refractivity contribution is 0.746. The van der Waals surface area contributed by atoms with Crippen molar-refractivity contribution in [3.05, 3.63) is 41.9 Å². The molecule has 0 atom stereocenters. The van der Waals surface area contributed by atoms with Gasteiger partial charge in [-0.1, -0.05) is 25.1 Å². The fraction of sp³-hybridized carbons (Fsp3) is 0.200. The van der Waals surface area contributed by atoms with E-state index in [4.69, 9.17) is 0 Å². The van der Waals surface area contributed by atoms with Crippen LogP contribution in [0.4, 0.5) is 11.4 Å². The highest BCUT2D eigenvalue weighted by molar-refractivity contribution is 5.94. The normalized spacial score (nSPS) is 10.5. The predicted molar refractivity (Wildman–Crippen MR) is 80.1 cm³/mol. The van der Waals surface area contributed by atoms with Crippen LogP contribution in [0, 0.1) is 11.3 Å². The van der Waals surface area contributed by atoms with E-state index in [0.717, 1.165) is 28.7 Å². The number of rotatable bonds is 3. The second kappa shape index (κ2) is 5.21. The first-order chi connectivity index (χ1) is 10.2. The van der Waals surface area contributed by atoms with Crippen LogP contribution in [0.2, 0.25) is 0 Å². The first kappa shape index (κ1) is 13.1. The minimum Gasteiger partial charge on any atom is -0.350 e. The Morgan fingerprint density at radius 3 is 2.86 bits per heavy atom. The zero-order valence-electron chi connectivity index (χ0n) is 11.8. The molecule has 0 spiro atoms. The van der Waals surface area contributed by atoms with Gasteiger partial charge in [-0.2, -0.15) is 10.4 Å². The lowest BCUT2D eigenvalue weighted by Gasteiger charge is -2.09. The monoisotopic (exact) mass is 278 g/mol. The Kier molecular flexibility index (Phi) is 3.24. The third-order valence-corrected chi connectivity index (χ3v) is 3.27. The van der Waals surface area contributed by atoms with E-state index in [1.807, 2.05) is 44.4 Å². The van der Waals surface area contributed by atoms with E-state index in [0.29, 0.717) is 5.69 Å². The van der Waals surface area contributed by atoms with Gasteiger partial charge in [0.2, 0.25) is 0 Å². The van der Waals surface area contributed by atoms with Gasteiger partial charge in [-0.3, -0.25) is 4.68 Å². The number of hydrogen-bond donors (Lipinski definition) is 1. The summed E-state index contributed by atoms with van der Waals surface area (Å²) in [7, 11) is 1.87. The van der Waals surface area contributed by atoms with Gasteiger partial charge in [0.25, 0.3) is 0 Å². The van der Waals surface area contributed by atoms with Crippen molar-refractivity contribution in [2.45, 2.75) is 13.3 Å². The molecule has 2 aromatic heterocycles. The standard InChI is InChI=1S/C15H14N6/c1-3-11-14(9-21(2)20-11)17-15-10-6-4-5-7-12(10)18-19-13(15)8-16/h4-7,9H,3H2,1-2H3,(H,17,18). The molecule has 1 N–H and O–H groups in total. The van der Waals surface area contributed by atoms with Gasteiger partial charge < -0.3 is 5.32 Å². The third-order valence-electron chi connectivity index (χ3n) is 3.27. The second-order valence-corrected chi connectivity index (χ2v) is 4.69. The quantitative estimate of drug-likeness (QED) is 0.796. The van der Waals surface area contributed by atoms with Crippen molar-refractivity contribution < 1.29 is 0 Å². The lowest BCUT2D eigenvalue weighted by Crippen LogP contribution is -2.00. The highest BCUT2D eigenvalue weighted by atomic mass is 15.3. The first-order valence-electron chi connectivity index (χ1n) is 6.68. The molecular formula is C15H14N6. The van der Waals surface area contributed by atoms with Crippen molar-refractivity contribution in [3.8, 4) is 6.07 Å². The van der Waals surface area contributed by atoms with Gasteiger partial charge in [0, 0.05) is 18.6 Å². The Balaban J connectivity index is 2.17. The molecule has 0 aliphatic carbocycles. The number of hydrogen-bond acceptors (Lipinski definition) is 5. The van der Waals surface area contributed by atoms with Crippen molar-refractivity contribution in [3.63, 3.8) is 0 Å². The molecule has 0 saturated heterocycles. The lowest BCUT2D eigenvalue weighted by atomic mass is 10.1. The van der Waals surface area contributed by atoms with Gasteiger partial charge >= 0.3 is 0 Å². The largest absolute Gasteiger partial charge is 0.350 e. The molecule has 0 radical (unpaired) electrons. The minimum absolute atomic E-state index is 0.277. The highest BCUT2D eigenvalue weighted by Gasteiger charge is 2.13. The van der Waals surface area contributed by atoms with Crippen molar-refractivity contribution >= 4 is 22.3 Å². The zero-order chi connectivity index (χ0) is 14.8. The Morgan fingerprint density at radius 2 is 2.10 bits per heavy atom. The number of aromatic nitrogens is 4. The molecule has 0 aliphatic rings. The van der Waals surface area contributed by atoms with E-state index in [2.05, 4.69) is 26.7 Å². The van der Waals surface area contributed by atoms with Gasteiger partial charge in [-0.15, -0.1) is 10.2 Å². The van der Waals surface area contributed by atoms with Gasteiger partial charge in [0.1, 0.15) is 6.07 Å². The summed E-state index contributed by atoms with van der Waals surface area (Å²) in [5.41, 5.74) is 3.53. The van der Waals surface area contributed by atoms with E-state index in [1.165, 1.54) is 0 Å². The molecule has 0 bridgehead atoms. The van der Waals surface area contributed by atoms with Gasteiger partial charge in [-0.05, 0) is 12.5 Å². The molecule has 0 unspecified atom stereocenters. The van der Waals surface area contributed by atoms with Crippen molar-refractivity contribution in [2.24, 2.45) is 7.05 Å². The zero-order valence-corrected chi connectivity index (χ0v) is 11.8. The molecule has 3 aromatic rings. The van der Waals surface area contributed by atoms with Crippen LogP contribution in [0.15, 0.2) is 30.5 Å². The smallest absolute Gasteiger partial charge is 0.187 e. The van der Waals surface area contributed by atoms with Crippen LogP contribution in [0.3, 0.4) is 0 Å². The average Bonchev–Trinajstić information content (AvgIpc) is 2.87. The maximum Gasteiger partial charge on any atom is 0.187 e. The van der Waals surface area contributed by atoms with Crippen LogP contribution in [-0.2, 0) is 13.5 Å². The Labute approximate surface area is 122 Å². The summed E-state index contributed by atoms with van der Waals surface area (Å²) in [6, 6.07) is 9.70. The molecule has 2 heterocycles. The van der Waals surface area contributed by atoms with Crippen molar-refractivity contribution in [1.82, 2.24) is 20.0 Å². The van der Waals surface area contributed by atoms with Crippen LogP contribution in [-0.4, -0.2) is 20.0 Å². The van der Waals surface area contributed by atoms with Crippen molar-refractivity contribution in [2.75, 3.05) is 5.32 Å². The Bertz CT molecular complexity index is 843. The van der Waals surface area contributed by atoms with E-state index in [1.54, 1.807) is 4.68 Å². The van der Waals surface area contributed by atoms with Gasteiger partial charge in [-0.25, -0.2) is 0 Å². The number of nitriles is 1. The van der Waals surface area contributed by atoms with Crippen LogP contribution >= 0.6 is 0 Å². The Morgan fingerprint density at radius 1 is 1.29 bits per heavy atom.